The minimum absolute atomic E-state index is 0.877. The first kappa shape index (κ1) is 7.64. The summed E-state index contributed by atoms with van der Waals surface area (Å²) in [5, 5.41) is 1.14. The second kappa shape index (κ2) is 3.65. The molecule has 52 valence electrons. The van der Waals surface area contributed by atoms with Gasteiger partial charge < -0.3 is 4.74 Å². The van der Waals surface area contributed by atoms with Crippen molar-refractivity contribution in [1.82, 2.24) is 0 Å². The Kier molecular flexibility index (Phi) is 2.79. The Morgan fingerprint density at radius 2 is 1.90 bits per heavy atom. The van der Waals surface area contributed by atoms with Crippen molar-refractivity contribution in [3.05, 3.63) is 24.3 Å². The van der Waals surface area contributed by atoms with Crippen molar-refractivity contribution in [2.24, 2.45) is 0 Å². The molecule has 0 aliphatic carbocycles. The van der Waals surface area contributed by atoms with Crippen molar-refractivity contribution < 1.29 is 4.74 Å². The van der Waals surface area contributed by atoms with E-state index in [9.17, 15) is 0 Å². The first-order valence-corrected chi connectivity index (χ1v) is 4.75. The molecule has 0 saturated heterocycles. The van der Waals surface area contributed by atoms with Crippen LogP contribution in [0, 0.1) is 0 Å². The second-order valence-electron chi connectivity index (χ2n) is 1.79. The van der Waals surface area contributed by atoms with Crippen molar-refractivity contribution in [1.29, 1.82) is 0 Å². The van der Waals surface area contributed by atoms with Crippen LogP contribution >= 0.6 is 7.36 Å². The fraction of sp³-hybridized carbons (Fsp3) is 0.143. The lowest BCUT2D eigenvalue weighted by molar-refractivity contribution is 0.415. The Morgan fingerprint density at radius 3 is 2.30 bits per heavy atom. The van der Waals surface area contributed by atoms with Gasteiger partial charge >= 0.3 is 0 Å². The summed E-state index contributed by atoms with van der Waals surface area (Å²) in [5.74, 6) is 0.877. The molecule has 0 amide bonds. The second-order valence-corrected chi connectivity index (χ2v) is 3.04. The maximum Gasteiger partial charge on any atom is 0.118 e. The minimum atomic E-state index is 0.877. The fourth-order valence-corrected chi connectivity index (χ4v) is 1.28. The van der Waals surface area contributed by atoms with Crippen LogP contribution in [0.15, 0.2) is 24.3 Å². The Bertz CT molecular complexity index is 220. The van der Waals surface area contributed by atoms with Crippen molar-refractivity contribution >= 4 is 24.5 Å². The van der Waals surface area contributed by atoms with Crippen molar-refractivity contribution in [2.45, 2.75) is 0 Å². The quantitative estimate of drug-likeness (QED) is 0.625. The number of hydrogen-bond acceptors (Lipinski definition) is 2. The van der Waals surface area contributed by atoms with Gasteiger partial charge in [0.25, 0.3) is 0 Å². The summed E-state index contributed by atoms with van der Waals surface area (Å²) < 4.78 is 4.98. The van der Waals surface area contributed by atoms with Gasteiger partial charge in [0.15, 0.2) is 0 Å². The predicted octanol–water partition coefficient (Wildman–Crippen LogP) is 1.73. The Hall–Kier alpha value is -0.460. The molecule has 0 aromatic heterocycles. The molecule has 1 aromatic rings. The summed E-state index contributed by atoms with van der Waals surface area (Å²) in [6.07, 6.45) is 0. The molecule has 0 aliphatic rings. The lowest BCUT2D eigenvalue weighted by Crippen LogP contribution is -1.89. The van der Waals surface area contributed by atoms with E-state index in [1.165, 1.54) is 0 Å². The highest BCUT2D eigenvalue weighted by atomic mass is 32.4. The molecule has 0 radical (unpaired) electrons. The minimum Gasteiger partial charge on any atom is -0.497 e. The Labute approximate surface area is 66.9 Å². The molecule has 0 unspecified atom stereocenters. The van der Waals surface area contributed by atoms with E-state index >= 15 is 0 Å². The van der Waals surface area contributed by atoms with Gasteiger partial charge in [-0.3, -0.25) is 0 Å². The van der Waals surface area contributed by atoms with E-state index in [1.54, 1.807) is 7.11 Å². The van der Waals surface area contributed by atoms with Gasteiger partial charge in [0.2, 0.25) is 0 Å². The van der Waals surface area contributed by atoms with Gasteiger partial charge in [-0.25, -0.2) is 0 Å². The van der Waals surface area contributed by atoms with Crippen LogP contribution in [-0.2, 0) is 11.8 Å². The largest absolute Gasteiger partial charge is 0.497 e. The average Bonchev–Trinajstić information content (AvgIpc) is 2.05. The lowest BCUT2D eigenvalue weighted by Gasteiger charge is -1.96. The number of hydrogen-bond donors (Lipinski definition) is 0. The van der Waals surface area contributed by atoms with E-state index < -0.39 is 0 Å². The number of ether oxygens (including phenoxy) is 1. The summed E-state index contributed by atoms with van der Waals surface area (Å²) in [6.45, 7) is 0. The van der Waals surface area contributed by atoms with Crippen molar-refractivity contribution in [2.75, 3.05) is 7.11 Å². The number of benzene rings is 1. The zero-order valence-corrected chi connectivity index (χ0v) is 7.28. The molecule has 1 aromatic carbocycles. The van der Waals surface area contributed by atoms with Crippen LogP contribution in [0.3, 0.4) is 0 Å². The molecular weight excluding hydrogens is 163 g/mol. The van der Waals surface area contributed by atoms with Crippen LogP contribution in [0.2, 0.25) is 0 Å². The molecule has 0 bridgehead atoms. The molecule has 0 saturated carbocycles. The lowest BCUT2D eigenvalue weighted by atomic mass is 10.3. The van der Waals surface area contributed by atoms with Gasteiger partial charge in [-0.15, -0.1) is 0 Å². The SMILES string of the molecule is COc1ccc(P=S)cc1. The highest BCUT2D eigenvalue weighted by molar-refractivity contribution is 7.99. The zero-order chi connectivity index (χ0) is 7.40. The van der Waals surface area contributed by atoms with Gasteiger partial charge in [-0.1, -0.05) is 11.8 Å². The van der Waals surface area contributed by atoms with Crippen LogP contribution in [-0.4, -0.2) is 7.11 Å². The van der Waals surface area contributed by atoms with E-state index in [4.69, 9.17) is 16.5 Å². The van der Waals surface area contributed by atoms with Crippen LogP contribution in [0.4, 0.5) is 0 Å². The Balaban J connectivity index is 2.90. The van der Waals surface area contributed by atoms with Gasteiger partial charge in [0.05, 0.1) is 7.11 Å². The van der Waals surface area contributed by atoms with Crippen molar-refractivity contribution in [3.8, 4) is 5.75 Å². The molecule has 10 heavy (non-hydrogen) atoms. The van der Waals surface area contributed by atoms with Crippen LogP contribution < -0.4 is 10.0 Å². The van der Waals surface area contributed by atoms with E-state index in [0.717, 1.165) is 18.4 Å². The molecular formula is C7H7OPS. The molecule has 0 fully saturated rings. The highest BCUT2D eigenvalue weighted by Crippen LogP contribution is 2.07. The Morgan fingerprint density at radius 1 is 1.30 bits per heavy atom. The third-order valence-electron chi connectivity index (χ3n) is 1.18. The third kappa shape index (κ3) is 1.76. The monoisotopic (exact) mass is 170 g/mol. The fourth-order valence-electron chi connectivity index (χ4n) is 0.643. The van der Waals surface area contributed by atoms with Gasteiger partial charge in [0.1, 0.15) is 5.75 Å². The van der Waals surface area contributed by atoms with E-state index in [2.05, 4.69) is 0 Å². The first-order valence-electron chi connectivity index (χ1n) is 2.84. The van der Waals surface area contributed by atoms with Gasteiger partial charge in [-0.2, -0.15) is 0 Å². The summed E-state index contributed by atoms with van der Waals surface area (Å²) in [7, 11) is 2.54. The van der Waals surface area contributed by atoms with E-state index in [-0.39, 0.29) is 0 Å². The van der Waals surface area contributed by atoms with E-state index in [1.807, 2.05) is 24.3 Å². The summed E-state index contributed by atoms with van der Waals surface area (Å²) in [5.41, 5.74) is 0. The molecule has 1 rings (SSSR count). The van der Waals surface area contributed by atoms with Crippen LogP contribution in [0.1, 0.15) is 0 Å². The molecule has 0 N–H and O–H groups in total. The smallest absolute Gasteiger partial charge is 0.118 e. The molecule has 0 aliphatic heterocycles. The molecule has 3 heteroatoms. The molecule has 0 heterocycles. The number of methoxy groups -OCH3 is 1. The zero-order valence-electron chi connectivity index (χ0n) is 5.57. The predicted molar refractivity (Wildman–Crippen MR) is 46.9 cm³/mol. The molecule has 0 atom stereocenters. The maximum absolute atomic E-state index is 4.98. The normalized spacial score (nSPS) is 9.70. The van der Waals surface area contributed by atoms with Crippen LogP contribution in [0.5, 0.6) is 5.75 Å². The van der Waals surface area contributed by atoms with Gasteiger partial charge in [-0.05, 0) is 24.3 Å². The summed E-state index contributed by atoms with van der Waals surface area (Å²) >= 11 is 4.83. The number of rotatable bonds is 2. The topological polar surface area (TPSA) is 9.23 Å². The van der Waals surface area contributed by atoms with Crippen molar-refractivity contribution in [3.63, 3.8) is 0 Å². The van der Waals surface area contributed by atoms with E-state index in [0.29, 0.717) is 0 Å². The third-order valence-corrected chi connectivity index (χ3v) is 2.32. The summed E-state index contributed by atoms with van der Waals surface area (Å²) in [4.78, 5) is 0. The van der Waals surface area contributed by atoms with Crippen LogP contribution in [0.25, 0.3) is 0 Å². The molecule has 0 spiro atoms. The van der Waals surface area contributed by atoms with Gasteiger partial charge in [0, 0.05) is 12.7 Å². The highest BCUT2D eigenvalue weighted by Gasteiger charge is 1.88. The standard InChI is InChI=1S/C7H7OPS/c1-8-6-2-4-7(9-10)5-3-6/h2-5H,1H3. The molecule has 1 nitrogen and oxygen atoms in total. The summed E-state index contributed by atoms with van der Waals surface area (Å²) in [6, 6.07) is 7.75. The first-order chi connectivity index (χ1) is 4.86. The average molecular weight is 170 g/mol. The maximum atomic E-state index is 4.98.